The minimum Gasteiger partial charge on any atom is -0.380 e. The molecule has 1 rings (SSSR count). The third-order valence-corrected chi connectivity index (χ3v) is 2.78. The molecule has 0 spiro atoms. The van der Waals surface area contributed by atoms with Gasteiger partial charge < -0.3 is 10.1 Å². The average Bonchev–Trinajstić information content (AvgIpc) is 2.18. The summed E-state index contributed by atoms with van der Waals surface area (Å²) in [5.74, 6) is 0. The Morgan fingerprint density at radius 2 is 2.29 bits per heavy atom. The number of ether oxygens (including phenoxy) is 1. The topological polar surface area (TPSA) is 24.5 Å². The highest BCUT2D eigenvalue weighted by atomic mass is 16.5. The zero-order valence-electron chi connectivity index (χ0n) is 9.75. The van der Waals surface area contributed by atoms with Gasteiger partial charge >= 0.3 is 0 Å². The van der Waals surface area contributed by atoms with Crippen LogP contribution in [0.4, 0.5) is 0 Å². The normalized spacial score (nSPS) is 24.4. The van der Waals surface area contributed by atoms with Gasteiger partial charge in [-0.3, -0.25) is 4.90 Å². The monoisotopic (exact) mass is 200 g/mol. The molecule has 1 unspecified atom stereocenters. The number of likely N-dealkylation sites (tertiary alicyclic amines) is 1. The second-order valence-electron chi connectivity index (χ2n) is 4.41. The van der Waals surface area contributed by atoms with Crippen molar-refractivity contribution in [2.45, 2.75) is 38.8 Å². The molecule has 84 valence electrons. The summed E-state index contributed by atoms with van der Waals surface area (Å²) < 4.78 is 5.39. The first-order valence-electron chi connectivity index (χ1n) is 5.71. The molecular formula is C11H24N2O. The van der Waals surface area contributed by atoms with Crippen molar-refractivity contribution in [3.8, 4) is 0 Å². The van der Waals surface area contributed by atoms with Gasteiger partial charge in [0, 0.05) is 32.8 Å². The molecule has 14 heavy (non-hydrogen) atoms. The van der Waals surface area contributed by atoms with Crippen molar-refractivity contribution < 1.29 is 4.74 Å². The number of methoxy groups -OCH3 is 1. The Labute approximate surface area is 87.8 Å². The van der Waals surface area contributed by atoms with E-state index in [-0.39, 0.29) is 0 Å². The molecule has 0 aromatic carbocycles. The Morgan fingerprint density at radius 1 is 1.50 bits per heavy atom. The molecular weight excluding hydrogens is 176 g/mol. The van der Waals surface area contributed by atoms with Gasteiger partial charge in [-0.1, -0.05) is 13.8 Å². The summed E-state index contributed by atoms with van der Waals surface area (Å²) in [7, 11) is 1.82. The van der Waals surface area contributed by atoms with E-state index in [9.17, 15) is 0 Å². The minimum absolute atomic E-state index is 0.461. The van der Waals surface area contributed by atoms with E-state index in [2.05, 4.69) is 24.1 Å². The number of piperidine rings is 1. The van der Waals surface area contributed by atoms with Crippen LogP contribution in [0.25, 0.3) is 0 Å². The Hall–Kier alpha value is -0.120. The van der Waals surface area contributed by atoms with Gasteiger partial charge in [0.05, 0.1) is 6.10 Å². The minimum atomic E-state index is 0.461. The standard InChI is InChI=1S/C11H24N2O/c1-10(2)12-6-8-13-7-4-5-11(9-13)14-3/h10-12H,4-9H2,1-3H3. The van der Waals surface area contributed by atoms with E-state index in [4.69, 9.17) is 4.74 Å². The predicted molar refractivity (Wildman–Crippen MR) is 59.6 cm³/mol. The van der Waals surface area contributed by atoms with Crippen molar-refractivity contribution in [3.05, 3.63) is 0 Å². The Kier molecular flexibility index (Phi) is 5.45. The summed E-state index contributed by atoms with van der Waals surface area (Å²) in [5.41, 5.74) is 0. The molecule has 1 saturated heterocycles. The lowest BCUT2D eigenvalue weighted by atomic mass is 10.1. The molecule has 1 heterocycles. The molecule has 3 heteroatoms. The second kappa shape index (κ2) is 6.38. The van der Waals surface area contributed by atoms with Crippen molar-refractivity contribution in [1.82, 2.24) is 10.2 Å². The quantitative estimate of drug-likeness (QED) is 0.719. The maximum Gasteiger partial charge on any atom is 0.0698 e. The summed E-state index contributed by atoms with van der Waals surface area (Å²) >= 11 is 0. The maximum absolute atomic E-state index is 5.39. The molecule has 3 nitrogen and oxygen atoms in total. The van der Waals surface area contributed by atoms with Gasteiger partial charge in [-0.2, -0.15) is 0 Å². The molecule has 1 aliphatic heterocycles. The molecule has 0 saturated carbocycles. The van der Waals surface area contributed by atoms with E-state index in [1.54, 1.807) is 0 Å². The van der Waals surface area contributed by atoms with Crippen LogP contribution in [0.5, 0.6) is 0 Å². The average molecular weight is 200 g/mol. The van der Waals surface area contributed by atoms with Crippen LogP contribution in [0.3, 0.4) is 0 Å². The fourth-order valence-electron chi connectivity index (χ4n) is 1.92. The Balaban J connectivity index is 2.11. The lowest BCUT2D eigenvalue weighted by Gasteiger charge is -2.32. The van der Waals surface area contributed by atoms with Gasteiger partial charge in [-0.05, 0) is 19.4 Å². The number of nitrogens with zero attached hydrogens (tertiary/aromatic N) is 1. The van der Waals surface area contributed by atoms with Crippen LogP contribution in [0, 0.1) is 0 Å². The van der Waals surface area contributed by atoms with Gasteiger partial charge in [0.25, 0.3) is 0 Å². The Morgan fingerprint density at radius 3 is 2.93 bits per heavy atom. The van der Waals surface area contributed by atoms with Crippen molar-refractivity contribution in [3.63, 3.8) is 0 Å². The van der Waals surface area contributed by atoms with Crippen molar-refractivity contribution in [1.29, 1.82) is 0 Å². The number of hydrogen-bond donors (Lipinski definition) is 1. The van der Waals surface area contributed by atoms with Gasteiger partial charge in [-0.25, -0.2) is 0 Å². The summed E-state index contributed by atoms with van der Waals surface area (Å²) in [6.45, 7) is 8.96. The molecule has 0 aliphatic carbocycles. The lowest BCUT2D eigenvalue weighted by Crippen LogP contribution is -2.43. The number of nitrogens with one attached hydrogen (secondary N) is 1. The third-order valence-electron chi connectivity index (χ3n) is 2.78. The molecule has 0 aromatic rings. The predicted octanol–water partition coefficient (Wildman–Crippen LogP) is 1.10. The van der Waals surface area contributed by atoms with Gasteiger partial charge in [0.1, 0.15) is 0 Å². The zero-order valence-corrected chi connectivity index (χ0v) is 9.75. The molecule has 0 aromatic heterocycles. The highest BCUT2D eigenvalue weighted by molar-refractivity contribution is 4.73. The largest absolute Gasteiger partial charge is 0.380 e. The van der Waals surface area contributed by atoms with E-state index < -0.39 is 0 Å². The first-order valence-corrected chi connectivity index (χ1v) is 5.71. The zero-order chi connectivity index (χ0) is 10.4. The van der Waals surface area contributed by atoms with Crippen molar-refractivity contribution in [2.75, 3.05) is 33.3 Å². The summed E-state index contributed by atoms with van der Waals surface area (Å²) in [6.07, 6.45) is 2.97. The van der Waals surface area contributed by atoms with Crippen LogP contribution in [0.15, 0.2) is 0 Å². The van der Waals surface area contributed by atoms with Crippen LogP contribution in [-0.4, -0.2) is 50.3 Å². The van der Waals surface area contributed by atoms with Crippen LogP contribution in [-0.2, 0) is 4.74 Å². The molecule has 1 N–H and O–H groups in total. The first-order chi connectivity index (χ1) is 6.72. The van der Waals surface area contributed by atoms with E-state index in [0.29, 0.717) is 12.1 Å². The van der Waals surface area contributed by atoms with E-state index >= 15 is 0 Å². The lowest BCUT2D eigenvalue weighted by molar-refractivity contribution is 0.0317. The molecule has 1 aliphatic rings. The van der Waals surface area contributed by atoms with E-state index in [1.165, 1.54) is 19.4 Å². The fraction of sp³-hybridized carbons (Fsp3) is 1.00. The SMILES string of the molecule is COC1CCCN(CCNC(C)C)C1. The summed E-state index contributed by atoms with van der Waals surface area (Å²) in [4.78, 5) is 2.49. The second-order valence-corrected chi connectivity index (χ2v) is 4.41. The highest BCUT2D eigenvalue weighted by Crippen LogP contribution is 2.11. The van der Waals surface area contributed by atoms with E-state index in [1.807, 2.05) is 7.11 Å². The maximum atomic E-state index is 5.39. The van der Waals surface area contributed by atoms with Gasteiger partial charge in [0.15, 0.2) is 0 Å². The molecule has 1 atom stereocenters. The fourth-order valence-corrected chi connectivity index (χ4v) is 1.92. The molecule has 0 bridgehead atoms. The van der Waals surface area contributed by atoms with Crippen LogP contribution >= 0.6 is 0 Å². The Bertz CT molecular complexity index is 150. The van der Waals surface area contributed by atoms with Crippen molar-refractivity contribution in [2.24, 2.45) is 0 Å². The van der Waals surface area contributed by atoms with Crippen LogP contribution in [0.2, 0.25) is 0 Å². The third kappa shape index (κ3) is 4.40. The number of rotatable bonds is 5. The number of hydrogen-bond acceptors (Lipinski definition) is 3. The van der Waals surface area contributed by atoms with Crippen LogP contribution < -0.4 is 5.32 Å². The smallest absolute Gasteiger partial charge is 0.0698 e. The van der Waals surface area contributed by atoms with E-state index in [0.717, 1.165) is 19.6 Å². The first kappa shape index (κ1) is 12.0. The van der Waals surface area contributed by atoms with Crippen molar-refractivity contribution >= 4 is 0 Å². The van der Waals surface area contributed by atoms with Gasteiger partial charge in [-0.15, -0.1) is 0 Å². The van der Waals surface area contributed by atoms with Crippen LogP contribution in [0.1, 0.15) is 26.7 Å². The highest BCUT2D eigenvalue weighted by Gasteiger charge is 2.18. The summed E-state index contributed by atoms with van der Waals surface area (Å²) in [5, 5.41) is 3.44. The van der Waals surface area contributed by atoms with Gasteiger partial charge in [0.2, 0.25) is 0 Å². The molecule has 0 amide bonds. The molecule has 0 radical (unpaired) electrons. The summed E-state index contributed by atoms with van der Waals surface area (Å²) in [6, 6.07) is 0.595. The molecule has 1 fully saturated rings.